The van der Waals surface area contributed by atoms with Crippen LogP contribution in [0.1, 0.15) is 51.7 Å². The van der Waals surface area contributed by atoms with Crippen molar-refractivity contribution in [2.45, 2.75) is 58.2 Å². The first-order valence-corrected chi connectivity index (χ1v) is 7.60. The van der Waals surface area contributed by atoms with Crippen LogP contribution in [0.25, 0.3) is 0 Å². The Hall–Kier alpha value is -1.55. The van der Waals surface area contributed by atoms with Gasteiger partial charge in [-0.15, -0.1) is 0 Å². The van der Waals surface area contributed by atoms with Gasteiger partial charge in [0.15, 0.2) is 0 Å². The number of benzene rings is 1. The molecule has 0 bridgehead atoms. The molecule has 21 heavy (non-hydrogen) atoms. The minimum absolute atomic E-state index is 0.0575. The van der Waals surface area contributed by atoms with E-state index in [1.54, 1.807) is 0 Å². The maximum atomic E-state index is 11.7. The molecular weight excluding hydrogens is 264 g/mol. The predicted molar refractivity (Wildman–Crippen MR) is 84.1 cm³/mol. The van der Waals surface area contributed by atoms with Crippen LogP contribution in [0.15, 0.2) is 24.3 Å². The highest BCUT2D eigenvalue weighted by Crippen LogP contribution is 2.30. The van der Waals surface area contributed by atoms with Crippen LogP contribution in [-0.4, -0.2) is 18.2 Å². The number of hydrogen-bond donors (Lipinski definition) is 2. The van der Waals surface area contributed by atoms with Crippen molar-refractivity contribution in [1.82, 2.24) is 10.6 Å². The summed E-state index contributed by atoms with van der Waals surface area (Å²) in [7, 11) is 0. The van der Waals surface area contributed by atoms with Gasteiger partial charge >= 0.3 is 6.09 Å². The predicted octanol–water partition coefficient (Wildman–Crippen LogP) is 3.31. The Kier molecular flexibility index (Phi) is 4.57. The maximum Gasteiger partial charge on any atom is 0.407 e. The number of amides is 1. The van der Waals surface area contributed by atoms with Crippen LogP contribution in [-0.2, 0) is 16.8 Å². The second-order valence-corrected chi connectivity index (χ2v) is 6.92. The van der Waals surface area contributed by atoms with E-state index in [1.807, 2.05) is 32.9 Å². The fraction of sp³-hybridized carbons (Fsp3) is 0.588. The van der Waals surface area contributed by atoms with E-state index >= 15 is 0 Å². The van der Waals surface area contributed by atoms with Crippen LogP contribution in [0.3, 0.4) is 0 Å². The monoisotopic (exact) mass is 290 g/mol. The van der Waals surface area contributed by atoms with Gasteiger partial charge in [0.05, 0.1) is 0 Å². The van der Waals surface area contributed by atoms with Gasteiger partial charge in [0.2, 0.25) is 0 Å². The molecular formula is C17H26N2O2. The van der Waals surface area contributed by atoms with Crippen molar-refractivity contribution < 1.29 is 9.53 Å². The van der Waals surface area contributed by atoms with Gasteiger partial charge in [0.1, 0.15) is 5.60 Å². The van der Waals surface area contributed by atoms with Gasteiger partial charge in [-0.2, -0.15) is 0 Å². The van der Waals surface area contributed by atoms with Gasteiger partial charge < -0.3 is 15.4 Å². The fourth-order valence-corrected chi connectivity index (χ4v) is 2.65. The van der Waals surface area contributed by atoms with Crippen molar-refractivity contribution in [2.24, 2.45) is 0 Å². The van der Waals surface area contributed by atoms with E-state index in [9.17, 15) is 4.79 Å². The first-order chi connectivity index (χ1) is 9.78. The third-order valence-electron chi connectivity index (χ3n) is 3.77. The molecule has 2 N–H and O–H groups in total. The van der Waals surface area contributed by atoms with Gasteiger partial charge in [0.25, 0.3) is 0 Å². The molecule has 4 heteroatoms. The third-order valence-corrected chi connectivity index (χ3v) is 3.77. The van der Waals surface area contributed by atoms with Crippen LogP contribution in [0.2, 0.25) is 0 Å². The smallest absolute Gasteiger partial charge is 0.407 e. The second-order valence-electron chi connectivity index (χ2n) is 6.92. The van der Waals surface area contributed by atoms with Crippen molar-refractivity contribution in [1.29, 1.82) is 0 Å². The lowest BCUT2D eigenvalue weighted by molar-refractivity contribution is 0.0523. The van der Waals surface area contributed by atoms with Crippen molar-refractivity contribution in [3.05, 3.63) is 35.4 Å². The molecule has 1 aliphatic rings. The van der Waals surface area contributed by atoms with E-state index in [4.69, 9.17) is 4.74 Å². The van der Waals surface area contributed by atoms with Crippen molar-refractivity contribution >= 4 is 6.09 Å². The molecule has 116 valence electrons. The Morgan fingerprint density at radius 3 is 2.81 bits per heavy atom. The standard InChI is InChI=1S/C17H26N2O2/c1-16(2,3)21-15(20)18-12-13-7-5-8-14(11-13)17(4)9-6-10-19-17/h5,7-8,11,19H,6,9-10,12H2,1-4H3,(H,18,20). The van der Waals surface area contributed by atoms with Crippen molar-refractivity contribution in [3.63, 3.8) is 0 Å². The largest absolute Gasteiger partial charge is 0.444 e. The molecule has 1 unspecified atom stereocenters. The lowest BCUT2D eigenvalue weighted by Gasteiger charge is -2.25. The molecule has 0 aromatic heterocycles. The van der Waals surface area contributed by atoms with E-state index in [0.29, 0.717) is 6.54 Å². The molecule has 1 saturated heterocycles. The molecule has 0 spiro atoms. The Labute approximate surface area is 127 Å². The topological polar surface area (TPSA) is 50.4 Å². The molecule has 0 saturated carbocycles. The summed E-state index contributed by atoms with van der Waals surface area (Å²) in [5.41, 5.74) is 1.96. The van der Waals surface area contributed by atoms with Crippen LogP contribution in [0.5, 0.6) is 0 Å². The van der Waals surface area contributed by atoms with E-state index in [-0.39, 0.29) is 11.6 Å². The van der Waals surface area contributed by atoms with E-state index in [2.05, 4.69) is 29.7 Å². The zero-order valence-electron chi connectivity index (χ0n) is 13.5. The highest BCUT2D eigenvalue weighted by atomic mass is 16.6. The fourth-order valence-electron chi connectivity index (χ4n) is 2.65. The molecule has 4 nitrogen and oxygen atoms in total. The minimum atomic E-state index is -0.465. The van der Waals surface area contributed by atoms with E-state index < -0.39 is 5.60 Å². The highest BCUT2D eigenvalue weighted by molar-refractivity contribution is 5.67. The summed E-state index contributed by atoms with van der Waals surface area (Å²) in [5.74, 6) is 0. The lowest BCUT2D eigenvalue weighted by atomic mass is 9.89. The first-order valence-electron chi connectivity index (χ1n) is 7.60. The Bertz CT molecular complexity index is 500. The molecule has 0 aliphatic carbocycles. The first kappa shape index (κ1) is 15.8. The van der Waals surface area contributed by atoms with Gasteiger partial charge in [-0.3, -0.25) is 0 Å². The molecule has 1 aliphatic heterocycles. The van der Waals surface area contributed by atoms with Crippen LogP contribution >= 0.6 is 0 Å². The molecule has 1 aromatic rings. The molecule has 1 atom stereocenters. The average Bonchev–Trinajstić information content (AvgIpc) is 2.83. The quantitative estimate of drug-likeness (QED) is 0.898. The second kappa shape index (κ2) is 6.06. The molecule has 1 amide bonds. The summed E-state index contributed by atoms with van der Waals surface area (Å²) in [6.45, 7) is 9.37. The lowest BCUT2D eigenvalue weighted by Crippen LogP contribution is -2.34. The highest BCUT2D eigenvalue weighted by Gasteiger charge is 2.29. The van der Waals surface area contributed by atoms with E-state index in [0.717, 1.165) is 18.5 Å². The number of alkyl carbamates (subject to hydrolysis) is 1. The van der Waals surface area contributed by atoms with Gasteiger partial charge in [0, 0.05) is 12.1 Å². The zero-order valence-corrected chi connectivity index (χ0v) is 13.5. The number of carbonyl (C=O) groups is 1. The summed E-state index contributed by atoms with van der Waals surface area (Å²) in [6, 6.07) is 8.39. The van der Waals surface area contributed by atoms with Crippen molar-refractivity contribution in [2.75, 3.05) is 6.54 Å². The Balaban J connectivity index is 1.97. The summed E-state index contributed by atoms with van der Waals surface area (Å²) < 4.78 is 5.25. The van der Waals surface area contributed by atoms with Crippen molar-refractivity contribution in [3.8, 4) is 0 Å². The number of ether oxygens (including phenoxy) is 1. The van der Waals surface area contributed by atoms with Crippen LogP contribution < -0.4 is 10.6 Å². The summed E-state index contributed by atoms with van der Waals surface area (Å²) >= 11 is 0. The summed E-state index contributed by atoms with van der Waals surface area (Å²) in [5, 5.41) is 6.36. The number of hydrogen-bond acceptors (Lipinski definition) is 3. The third kappa shape index (κ3) is 4.46. The van der Waals surface area contributed by atoms with Crippen LogP contribution in [0, 0.1) is 0 Å². The molecule has 0 radical (unpaired) electrons. The van der Waals surface area contributed by atoms with Gasteiger partial charge in [-0.1, -0.05) is 24.3 Å². The summed E-state index contributed by atoms with van der Waals surface area (Å²) in [4.78, 5) is 11.7. The number of carbonyl (C=O) groups excluding carboxylic acids is 1. The summed E-state index contributed by atoms with van der Waals surface area (Å²) in [6.07, 6.45) is 1.98. The normalized spacial score (nSPS) is 22.1. The van der Waals surface area contributed by atoms with Gasteiger partial charge in [-0.25, -0.2) is 4.79 Å². The molecule has 1 aromatic carbocycles. The molecule has 1 fully saturated rings. The minimum Gasteiger partial charge on any atom is -0.444 e. The SMILES string of the molecule is CC(C)(C)OC(=O)NCc1cccc(C2(C)CCCN2)c1. The molecule has 2 rings (SSSR count). The number of rotatable bonds is 3. The Morgan fingerprint density at radius 1 is 1.43 bits per heavy atom. The molecule has 1 heterocycles. The van der Waals surface area contributed by atoms with E-state index in [1.165, 1.54) is 12.0 Å². The Morgan fingerprint density at radius 2 is 2.19 bits per heavy atom. The maximum absolute atomic E-state index is 11.7. The van der Waals surface area contributed by atoms with Gasteiger partial charge in [-0.05, 0) is 58.2 Å². The van der Waals surface area contributed by atoms with Crippen LogP contribution in [0.4, 0.5) is 4.79 Å². The average molecular weight is 290 g/mol. The number of nitrogens with one attached hydrogen (secondary N) is 2. The zero-order chi connectivity index (χ0) is 15.5.